The quantitative estimate of drug-likeness (QED) is 0.610. The van der Waals surface area contributed by atoms with E-state index in [1.54, 1.807) is 4.90 Å². The van der Waals surface area contributed by atoms with Crippen molar-refractivity contribution in [2.75, 3.05) is 52.4 Å². The van der Waals surface area contributed by atoms with Gasteiger partial charge in [0.2, 0.25) is 0 Å². The van der Waals surface area contributed by atoms with E-state index >= 15 is 0 Å². The zero-order valence-electron chi connectivity index (χ0n) is 10.8. The van der Waals surface area contributed by atoms with Gasteiger partial charge >= 0.3 is 11.8 Å². The van der Waals surface area contributed by atoms with Crippen molar-refractivity contribution < 1.29 is 9.59 Å². The first-order chi connectivity index (χ1) is 8.77. The SMILES string of the molecule is O=C(NCCN1CCCC1)C(=O)N1CCNCC1. The van der Waals surface area contributed by atoms with Crippen molar-refractivity contribution >= 4 is 11.8 Å². The third-order valence-corrected chi connectivity index (χ3v) is 3.51. The largest absolute Gasteiger partial charge is 0.347 e. The normalized spacial score (nSPS) is 21.0. The molecule has 0 unspecified atom stereocenters. The van der Waals surface area contributed by atoms with Crippen LogP contribution in [0.1, 0.15) is 12.8 Å². The molecule has 0 spiro atoms. The number of rotatable bonds is 3. The Bertz CT molecular complexity index is 296. The molecular weight excluding hydrogens is 232 g/mol. The Hall–Kier alpha value is -1.14. The summed E-state index contributed by atoms with van der Waals surface area (Å²) in [7, 11) is 0. The number of hydrogen-bond acceptors (Lipinski definition) is 4. The van der Waals surface area contributed by atoms with Gasteiger partial charge in [0, 0.05) is 39.3 Å². The van der Waals surface area contributed by atoms with Crippen LogP contribution in [-0.4, -0.2) is 74.0 Å². The maximum Gasteiger partial charge on any atom is 0.311 e. The van der Waals surface area contributed by atoms with Crippen molar-refractivity contribution in [1.29, 1.82) is 0 Å². The van der Waals surface area contributed by atoms with E-state index in [9.17, 15) is 9.59 Å². The average Bonchev–Trinajstić information content (AvgIpc) is 2.92. The van der Waals surface area contributed by atoms with Gasteiger partial charge < -0.3 is 20.4 Å². The monoisotopic (exact) mass is 254 g/mol. The molecule has 18 heavy (non-hydrogen) atoms. The molecule has 102 valence electrons. The first kappa shape index (κ1) is 13.3. The molecule has 6 nitrogen and oxygen atoms in total. The number of carbonyl (C=O) groups is 2. The first-order valence-electron chi connectivity index (χ1n) is 6.77. The molecule has 0 radical (unpaired) electrons. The highest BCUT2D eigenvalue weighted by atomic mass is 16.2. The molecule has 0 aromatic rings. The Morgan fingerprint density at radius 2 is 1.72 bits per heavy atom. The van der Waals surface area contributed by atoms with Crippen LogP contribution in [0.3, 0.4) is 0 Å². The van der Waals surface area contributed by atoms with Gasteiger partial charge in [-0.1, -0.05) is 0 Å². The van der Waals surface area contributed by atoms with Gasteiger partial charge in [0.05, 0.1) is 0 Å². The van der Waals surface area contributed by atoms with E-state index in [1.165, 1.54) is 12.8 Å². The molecule has 0 aromatic carbocycles. The van der Waals surface area contributed by atoms with Crippen LogP contribution in [0.4, 0.5) is 0 Å². The van der Waals surface area contributed by atoms with Gasteiger partial charge in [-0.25, -0.2) is 0 Å². The van der Waals surface area contributed by atoms with E-state index in [0.29, 0.717) is 19.6 Å². The second-order valence-corrected chi connectivity index (χ2v) is 4.85. The summed E-state index contributed by atoms with van der Waals surface area (Å²) in [5.41, 5.74) is 0. The summed E-state index contributed by atoms with van der Waals surface area (Å²) in [6.07, 6.45) is 2.49. The molecule has 2 saturated heterocycles. The lowest BCUT2D eigenvalue weighted by molar-refractivity contribution is -0.146. The van der Waals surface area contributed by atoms with E-state index < -0.39 is 11.8 Å². The second-order valence-electron chi connectivity index (χ2n) is 4.85. The standard InChI is InChI=1S/C12H22N4O2/c17-11(12(18)16-9-3-13-4-10-16)14-5-8-15-6-1-2-7-15/h13H,1-10H2,(H,14,17). The molecule has 0 atom stereocenters. The van der Waals surface area contributed by atoms with Crippen LogP contribution in [0, 0.1) is 0 Å². The number of carbonyl (C=O) groups excluding carboxylic acids is 2. The Labute approximate surface area is 108 Å². The van der Waals surface area contributed by atoms with Crippen LogP contribution in [0.15, 0.2) is 0 Å². The fourth-order valence-electron chi connectivity index (χ4n) is 2.42. The van der Waals surface area contributed by atoms with E-state index in [1.807, 2.05) is 0 Å². The van der Waals surface area contributed by atoms with Crippen LogP contribution in [0.5, 0.6) is 0 Å². The predicted molar refractivity (Wildman–Crippen MR) is 68.1 cm³/mol. The number of hydrogen-bond donors (Lipinski definition) is 2. The molecule has 2 N–H and O–H groups in total. The summed E-state index contributed by atoms with van der Waals surface area (Å²) in [6.45, 7) is 6.43. The van der Waals surface area contributed by atoms with Crippen molar-refractivity contribution in [2.45, 2.75) is 12.8 Å². The minimum Gasteiger partial charge on any atom is -0.347 e. The lowest BCUT2D eigenvalue weighted by Crippen LogP contribution is -2.51. The van der Waals surface area contributed by atoms with Gasteiger partial charge in [0.25, 0.3) is 0 Å². The summed E-state index contributed by atoms with van der Waals surface area (Å²) < 4.78 is 0. The Kier molecular flexibility index (Phi) is 4.95. The topological polar surface area (TPSA) is 64.7 Å². The van der Waals surface area contributed by atoms with Crippen LogP contribution >= 0.6 is 0 Å². The molecule has 0 saturated carbocycles. The third-order valence-electron chi connectivity index (χ3n) is 3.51. The van der Waals surface area contributed by atoms with Crippen LogP contribution < -0.4 is 10.6 Å². The highest BCUT2D eigenvalue weighted by Crippen LogP contribution is 2.05. The van der Waals surface area contributed by atoms with Gasteiger partial charge in [0.1, 0.15) is 0 Å². The van der Waals surface area contributed by atoms with Crippen LogP contribution in [0.2, 0.25) is 0 Å². The van der Waals surface area contributed by atoms with Gasteiger partial charge in [-0.05, 0) is 25.9 Å². The fourth-order valence-corrected chi connectivity index (χ4v) is 2.42. The van der Waals surface area contributed by atoms with Crippen molar-refractivity contribution in [1.82, 2.24) is 20.4 Å². The van der Waals surface area contributed by atoms with E-state index in [2.05, 4.69) is 15.5 Å². The smallest absolute Gasteiger partial charge is 0.311 e. The molecule has 2 amide bonds. The van der Waals surface area contributed by atoms with Crippen molar-refractivity contribution in [3.63, 3.8) is 0 Å². The number of amides is 2. The molecule has 0 bridgehead atoms. The van der Waals surface area contributed by atoms with E-state index in [4.69, 9.17) is 0 Å². The molecule has 0 aliphatic carbocycles. The average molecular weight is 254 g/mol. The summed E-state index contributed by atoms with van der Waals surface area (Å²) in [5, 5.41) is 5.87. The minimum atomic E-state index is -0.462. The summed E-state index contributed by atoms with van der Waals surface area (Å²) in [4.78, 5) is 27.4. The van der Waals surface area contributed by atoms with Crippen molar-refractivity contribution in [2.24, 2.45) is 0 Å². The minimum absolute atomic E-state index is 0.391. The number of nitrogens with zero attached hydrogens (tertiary/aromatic N) is 2. The highest BCUT2D eigenvalue weighted by molar-refractivity contribution is 6.35. The summed E-state index contributed by atoms with van der Waals surface area (Å²) in [5.74, 6) is -0.853. The van der Waals surface area contributed by atoms with Crippen molar-refractivity contribution in [3.8, 4) is 0 Å². The van der Waals surface area contributed by atoms with E-state index in [-0.39, 0.29) is 0 Å². The highest BCUT2D eigenvalue weighted by Gasteiger charge is 2.22. The number of nitrogens with one attached hydrogen (secondary N) is 2. The maximum atomic E-state index is 11.8. The summed E-state index contributed by atoms with van der Waals surface area (Å²) in [6, 6.07) is 0. The third kappa shape index (κ3) is 3.68. The van der Waals surface area contributed by atoms with Gasteiger partial charge in [0.15, 0.2) is 0 Å². The van der Waals surface area contributed by atoms with Gasteiger partial charge in [-0.2, -0.15) is 0 Å². The lowest BCUT2D eigenvalue weighted by atomic mass is 10.3. The van der Waals surface area contributed by atoms with E-state index in [0.717, 1.165) is 32.7 Å². The predicted octanol–water partition coefficient (Wildman–Crippen LogP) is -1.37. The molecule has 2 heterocycles. The zero-order valence-corrected chi connectivity index (χ0v) is 10.8. The molecule has 2 rings (SSSR count). The molecule has 2 aliphatic rings. The van der Waals surface area contributed by atoms with Crippen LogP contribution in [0.25, 0.3) is 0 Å². The molecule has 2 fully saturated rings. The first-order valence-corrected chi connectivity index (χ1v) is 6.77. The molecule has 2 aliphatic heterocycles. The number of piperazine rings is 1. The lowest BCUT2D eigenvalue weighted by Gasteiger charge is -2.26. The summed E-state index contributed by atoms with van der Waals surface area (Å²) >= 11 is 0. The Morgan fingerprint density at radius 1 is 1.06 bits per heavy atom. The zero-order chi connectivity index (χ0) is 12.8. The molecule has 0 aromatic heterocycles. The van der Waals surface area contributed by atoms with Gasteiger partial charge in [-0.15, -0.1) is 0 Å². The fraction of sp³-hybridized carbons (Fsp3) is 0.833. The molecule has 6 heteroatoms. The van der Waals surface area contributed by atoms with Gasteiger partial charge in [-0.3, -0.25) is 9.59 Å². The maximum absolute atomic E-state index is 11.8. The second kappa shape index (κ2) is 6.70. The Morgan fingerprint density at radius 3 is 2.39 bits per heavy atom. The molecular formula is C12H22N4O2. The van der Waals surface area contributed by atoms with Crippen molar-refractivity contribution in [3.05, 3.63) is 0 Å². The number of likely N-dealkylation sites (tertiary alicyclic amines) is 1. The Balaban J connectivity index is 1.65. The van der Waals surface area contributed by atoms with Crippen LogP contribution in [-0.2, 0) is 9.59 Å².